The van der Waals surface area contributed by atoms with E-state index in [1.807, 2.05) is 129 Å². The van der Waals surface area contributed by atoms with Gasteiger partial charge in [-0.15, -0.1) is 0 Å². The summed E-state index contributed by atoms with van der Waals surface area (Å²) >= 11 is 0. The summed E-state index contributed by atoms with van der Waals surface area (Å²) in [6.07, 6.45) is 23.3. The number of carbonyl (C=O) groups is 2. The average Bonchev–Trinajstić information content (AvgIpc) is 4.06. The number of benzene rings is 4. The maximum atomic E-state index is 12.4. The second-order valence-electron chi connectivity index (χ2n) is 15.1. The molecular formula is C53H60N6O5. The van der Waals surface area contributed by atoms with E-state index in [4.69, 9.17) is 14.2 Å². The van der Waals surface area contributed by atoms with Gasteiger partial charge < -0.3 is 34.8 Å². The Kier molecular flexibility index (Phi) is 19.5. The zero-order valence-electron chi connectivity index (χ0n) is 37.4. The Hall–Kier alpha value is -7.40. The smallest absolute Gasteiger partial charge is 0.244 e. The van der Waals surface area contributed by atoms with Gasteiger partial charge in [0.2, 0.25) is 11.8 Å². The average molecular weight is 861 g/mol. The van der Waals surface area contributed by atoms with Crippen LogP contribution in [0.2, 0.25) is 0 Å². The van der Waals surface area contributed by atoms with Crippen LogP contribution in [0.25, 0.3) is 11.1 Å². The molecule has 0 fully saturated rings. The van der Waals surface area contributed by atoms with Gasteiger partial charge in [0.1, 0.15) is 28.9 Å². The minimum absolute atomic E-state index is 0.0868. The molecule has 2 amide bonds. The highest BCUT2D eigenvalue weighted by Crippen LogP contribution is 2.28. The Morgan fingerprint density at radius 1 is 0.547 bits per heavy atom. The molecule has 0 bridgehead atoms. The molecule has 64 heavy (non-hydrogen) atoms. The van der Waals surface area contributed by atoms with Gasteiger partial charge in [0, 0.05) is 61.9 Å². The molecule has 6 aromatic rings. The van der Waals surface area contributed by atoms with Crippen LogP contribution >= 0.6 is 0 Å². The predicted molar refractivity (Wildman–Crippen MR) is 256 cm³/mol. The van der Waals surface area contributed by atoms with E-state index < -0.39 is 0 Å². The van der Waals surface area contributed by atoms with Gasteiger partial charge in [0.15, 0.2) is 0 Å². The molecule has 0 aliphatic carbocycles. The Morgan fingerprint density at radius 3 is 1.23 bits per heavy atom. The molecule has 11 heteroatoms. The van der Waals surface area contributed by atoms with Crippen molar-refractivity contribution in [3.63, 3.8) is 0 Å². The first-order chi connectivity index (χ1) is 31.2. The number of rotatable bonds is 21. The minimum Gasteiger partial charge on any atom is -0.497 e. The normalized spacial score (nSPS) is 12.2. The fourth-order valence-electron chi connectivity index (χ4n) is 6.86. The van der Waals surface area contributed by atoms with Crippen LogP contribution in [0.5, 0.6) is 17.2 Å². The Morgan fingerprint density at radius 2 is 0.906 bits per heavy atom. The van der Waals surface area contributed by atoms with Gasteiger partial charge >= 0.3 is 0 Å². The molecule has 0 saturated heterocycles. The summed E-state index contributed by atoms with van der Waals surface area (Å²) in [6.45, 7) is 4.04. The summed E-state index contributed by atoms with van der Waals surface area (Å²) in [5, 5.41) is 6.05. The molecule has 0 saturated carbocycles. The first kappa shape index (κ1) is 47.6. The van der Waals surface area contributed by atoms with Crippen molar-refractivity contribution < 1.29 is 23.8 Å². The molecule has 0 aliphatic heterocycles. The fourth-order valence-corrected chi connectivity index (χ4v) is 6.86. The number of methoxy groups -OCH3 is 3. The van der Waals surface area contributed by atoms with Crippen molar-refractivity contribution in [1.29, 1.82) is 0 Å². The van der Waals surface area contributed by atoms with E-state index in [2.05, 4.69) is 42.7 Å². The number of aromatic nitrogens is 4. The lowest BCUT2D eigenvalue weighted by Crippen LogP contribution is -2.31. The third kappa shape index (κ3) is 16.1. The standard InChI is InChI=1S/C27H31N3O3.C26H29N3O2/c1-20(6-4-8-26-28-18-19-29-26)30-27(31)9-5-7-25(21-10-14-23(32-2)15-11-21)22-12-16-24(33-3)17-13-22;1-20(8-6-12-25-27-18-19-28-25)29-26(30)13-7-11-24(21-9-4-3-5-10-21)22-14-16-23(31-2)17-15-22/h5,7,9-20H,4,6,8H2,1-3H3,(H,28,29)(H,30,31);3-5,7,9-11,13-20H,6,8,12H2,1-2H3,(H,27,28)(H,29,30)/b9-5+;13-7+,24-11+/t2*20-/m11/s1. The molecule has 0 radical (unpaired) electrons. The highest BCUT2D eigenvalue weighted by Gasteiger charge is 2.09. The number of nitrogens with one attached hydrogen (secondary N) is 4. The fraction of sp³-hybridized carbons (Fsp3) is 0.245. The van der Waals surface area contributed by atoms with E-state index in [0.717, 1.165) is 101 Å². The van der Waals surface area contributed by atoms with Gasteiger partial charge in [-0.1, -0.05) is 91.0 Å². The number of allylic oxidation sites excluding steroid dienone is 4. The van der Waals surface area contributed by atoms with Crippen molar-refractivity contribution in [2.24, 2.45) is 0 Å². The van der Waals surface area contributed by atoms with Crippen molar-refractivity contribution in [2.45, 2.75) is 64.5 Å². The highest BCUT2D eigenvalue weighted by atomic mass is 16.5. The largest absolute Gasteiger partial charge is 0.497 e. The van der Waals surface area contributed by atoms with Crippen molar-refractivity contribution in [2.75, 3.05) is 21.3 Å². The molecule has 2 heterocycles. The Labute approximate surface area is 377 Å². The summed E-state index contributed by atoms with van der Waals surface area (Å²) in [4.78, 5) is 39.4. The molecule has 4 N–H and O–H groups in total. The lowest BCUT2D eigenvalue weighted by atomic mass is 9.97. The van der Waals surface area contributed by atoms with E-state index in [0.29, 0.717) is 0 Å². The monoisotopic (exact) mass is 860 g/mol. The van der Waals surface area contributed by atoms with Crippen molar-refractivity contribution in [3.05, 3.63) is 198 Å². The minimum atomic E-state index is -0.111. The van der Waals surface area contributed by atoms with Crippen LogP contribution in [-0.2, 0) is 22.4 Å². The van der Waals surface area contributed by atoms with Crippen LogP contribution in [-0.4, -0.2) is 65.2 Å². The first-order valence-corrected chi connectivity index (χ1v) is 21.6. The number of carbonyl (C=O) groups excluding carboxylic acids is 2. The van der Waals surface area contributed by atoms with Gasteiger partial charge in [-0.05, 0) is 109 Å². The van der Waals surface area contributed by atoms with Gasteiger partial charge in [-0.3, -0.25) is 9.59 Å². The number of nitrogens with zero attached hydrogens (tertiary/aromatic N) is 2. The molecule has 2 atom stereocenters. The number of ether oxygens (including phenoxy) is 3. The van der Waals surface area contributed by atoms with Crippen LogP contribution in [0.15, 0.2) is 164 Å². The van der Waals surface area contributed by atoms with E-state index in [1.165, 1.54) is 0 Å². The summed E-state index contributed by atoms with van der Waals surface area (Å²) < 4.78 is 15.8. The number of aromatic amines is 2. The molecular weight excluding hydrogens is 801 g/mol. The van der Waals surface area contributed by atoms with Crippen LogP contribution in [0.3, 0.4) is 0 Å². The number of hydrogen-bond acceptors (Lipinski definition) is 7. The summed E-state index contributed by atoms with van der Waals surface area (Å²) in [7, 11) is 4.95. The van der Waals surface area contributed by atoms with Gasteiger partial charge in [0.25, 0.3) is 0 Å². The maximum absolute atomic E-state index is 12.4. The Bertz CT molecular complexity index is 2340. The molecule has 11 nitrogen and oxygen atoms in total. The van der Waals surface area contributed by atoms with E-state index >= 15 is 0 Å². The molecule has 6 rings (SSSR count). The topological polar surface area (TPSA) is 143 Å². The lowest BCUT2D eigenvalue weighted by molar-refractivity contribution is -0.117. The van der Waals surface area contributed by atoms with Crippen molar-refractivity contribution in [1.82, 2.24) is 30.6 Å². The van der Waals surface area contributed by atoms with Crippen LogP contribution in [0.1, 0.15) is 73.4 Å². The zero-order chi connectivity index (χ0) is 45.4. The molecule has 0 unspecified atom stereocenters. The van der Waals surface area contributed by atoms with Gasteiger partial charge in [-0.25, -0.2) is 9.97 Å². The lowest BCUT2D eigenvalue weighted by Gasteiger charge is -2.12. The van der Waals surface area contributed by atoms with Crippen molar-refractivity contribution in [3.8, 4) is 17.2 Å². The first-order valence-electron chi connectivity index (χ1n) is 21.6. The number of aryl methyl sites for hydroxylation is 2. The highest BCUT2D eigenvalue weighted by molar-refractivity contribution is 5.90. The van der Waals surface area contributed by atoms with Crippen LogP contribution in [0, 0.1) is 0 Å². The molecule has 4 aromatic carbocycles. The van der Waals surface area contributed by atoms with E-state index in [-0.39, 0.29) is 23.9 Å². The summed E-state index contributed by atoms with van der Waals surface area (Å²) in [5.41, 5.74) is 6.23. The third-order valence-corrected chi connectivity index (χ3v) is 10.3. The SMILES string of the molecule is COc1ccc(/C(=C/C=C/C(=O)N[C@H](C)CCCc2ncc[nH]2)c2ccccc2)cc1.COc1ccc(C(=C/C=C/C(=O)N[C@H](C)CCCc2ncc[nH]2)c2ccc(OC)cc2)cc1. The predicted octanol–water partition coefficient (Wildman–Crippen LogP) is 9.88. The summed E-state index contributed by atoms with van der Waals surface area (Å²) in [6, 6.07) is 33.9. The van der Waals surface area contributed by atoms with E-state index in [9.17, 15) is 9.59 Å². The quantitative estimate of drug-likeness (QED) is 0.0417. The maximum Gasteiger partial charge on any atom is 0.244 e. The number of hydrogen-bond donors (Lipinski definition) is 4. The zero-order valence-corrected chi connectivity index (χ0v) is 37.4. The Balaban J connectivity index is 0.000000241. The number of imidazole rings is 2. The third-order valence-electron chi connectivity index (χ3n) is 10.3. The molecule has 0 aliphatic rings. The van der Waals surface area contributed by atoms with Gasteiger partial charge in [0.05, 0.1) is 21.3 Å². The van der Waals surface area contributed by atoms with Crippen molar-refractivity contribution >= 4 is 23.0 Å². The summed E-state index contributed by atoms with van der Waals surface area (Å²) in [5.74, 6) is 4.16. The number of amides is 2. The molecule has 332 valence electrons. The van der Waals surface area contributed by atoms with E-state index in [1.54, 1.807) is 58.0 Å². The molecule has 2 aromatic heterocycles. The van der Waals surface area contributed by atoms with Gasteiger partial charge in [-0.2, -0.15) is 0 Å². The molecule has 0 spiro atoms. The number of H-pyrrole nitrogens is 2. The van der Waals surface area contributed by atoms with Crippen LogP contribution in [0.4, 0.5) is 0 Å². The second kappa shape index (κ2) is 26.2. The van der Waals surface area contributed by atoms with Crippen LogP contribution < -0.4 is 24.8 Å². The second-order valence-corrected chi connectivity index (χ2v) is 15.1.